The maximum atomic E-state index is 12.5. The van der Waals surface area contributed by atoms with E-state index in [0.717, 1.165) is 4.88 Å². The molecule has 6 heteroatoms. The normalized spacial score (nSPS) is 11.2. The van der Waals surface area contributed by atoms with Crippen LogP contribution in [0.15, 0.2) is 81.9 Å². The Morgan fingerprint density at radius 3 is 2.17 bits per heavy atom. The molecular formula is C18H15NO3S2. The first-order chi connectivity index (χ1) is 11.6. The molecule has 0 aliphatic rings. The van der Waals surface area contributed by atoms with Crippen molar-refractivity contribution in [1.29, 1.82) is 0 Å². The van der Waals surface area contributed by atoms with Crippen LogP contribution < -0.4 is 5.32 Å². The molecule has 0 unspecified atom stereocenters. The highest BCUT2D eigenvalue weighted by Crippen LogP contribution is 2.20. The van der Waals surface area contributed by atoms with Crippen LogP contribution in [0.2, 0.25) is 0 Å². The van der Waals surface area contributed by atoms with E-state index in [-0.39, 0.29) is 15.7 Å². The van der Waals surface area contributed by atoms with Gasteiger partial charge in [0.2, 0.25) is 9.84 Å². The van der Waals surface area contributed by atoms with Crippen molar-refractivity contribution in [2.24, 2.45) is 0 Å². The molecule has 1 N–H and O–H groups in total. The lowest BCUT2D eigenvalue weighted by Gasteiger charge is -2.07. The second kappa shape index (κ2) is 6.98. The van der Waals surface area contributed by atoms with Gasteiger partial charge in [-0.25, -0.2) is 8.42 Å². The van der Waals surface area contributed by atoms with E-state index >= 15 is 0 Å². The van der Waals surface area contributed by atoms with Crippen molar-refractivity contribution in [2.75, 3.05) is 0 Å². The molecule has 122 valence electrons. The van der Waals surface area contributed by atoms with Crippen molar-refractivity contribution in [3.8, 4) is 0 Å². The number of sulfone groups is 1. The first-order valence-corrected chi connectivity index (χ1v) is 9.64. The maximum Gasteiger partial charge on any atom is 0.251 e. The minimum absolute atomic E-state index is 0.170. The smallest absolute Gasteiger partial charge is 0.251 e. The molecule has 4 nitrogen and oxygen atoms in total. The Morgan fingerprint density at radius 1 is 0.875 bits per heavy atom. The third-order valence-corrected chi connectivity index (χ3v) is 6.15. The number of hydrogen-bond donors (Lipinski definition) is 1. The predicted molar refractivity (Wildman–Crippen MR) is 93.8 cm³/mol. The Bertz CT molecular complexity index is 916. The minimum Gasteiger partial charge on any atom is -0.347 e. The summed E-state index contributed by atoms with van der Waals surface area (Å²) in [6.07, 6.45) is 0. The Morgan fingerprint density at radius 2 is 1.54 bits per heavy atom. The minimum atomic E-state index is -3.56. The van der Waals surface area contributed by atoms with Crippen molar-refractivity contribution in [3.63, 3.8) is 0 Å². The Hall–Kier alpha value is -2.44. The average molecular weight is 357 g/mol. The lowest BCUT2D eigenvalue weighted by atomic mass is 10.2. The number of thiophene rings is 1. The summed E-state index contributed by atoms with van der Waals surface area (Å²) in [5.41, 5.74) is 0.429. The van der Waals surface area contributed by atoms with Crippen LogP contribution in [0.1, 0.15) is 15.2 Å². The van der Waals surface area contributed by atoms with Crippen molar-refractivity contribution < 1.29 is 13.2 Å². The fraction of sp³-hybridized carbons (Fsp3) is 0.0556. The zero-order chi connectivity index (χ0) is 17.0. The largest absolute Gasteiger partial charge is 0.347 e. The van der Waals surface area contributed by atoms with Crippen molar-refractivity contribution in [2.45, 2.75) is 16.3 Å². The molecule has 0 aliphatic carbocycles. The van der Waals surface area contributed by atoms with Crippen molar-refractivity contribution in [1.82, 2.24) is 5.32 Å². The van der Waals surface area contributed by atoms with Gasteiger partial charge in [-0.15, -0.1) is 11.3 Å². The summed E-state index contributed by atoms with van der Waals surface area (Å²) in [4.78, 5) is 13.6. The van der Waals surface area contributed by atoms with E-state index in [1.54, 1.807) is 41.7 Å². The van der Waals surface area contributed by atoms with Crippen LogP contribution in [0.5, 0.6) is 0 Å². The molecule has 0 spiro atoms. The number of amides is 1. The molecule has 0 saturated carbocycles. The molecular weight excluding hydrogens is 342 g/mol. The zero-order valence-electron chi connectivity index (χ0n) is 12.7. The van der Waals surface area contributed by atoms with Gasteiger partial charge in [-0.05, 0) is 47.8 Å². The van der Waals surface area contributed by atoms with E-state index in [1.165, 1.54) is 24.3 Å². The van der Waals surface area contributed by atoms with Gasteiger partial charge in [-0.1, -0.05) is 24.3 Å². The Labute approximate surface area is 144 Å². The van der Waals surface area contributed by atoms with E-state index < -0.39 is 9.84 Å². The van der Waals surface area contributed by atoms with Gasteiger partial charge in [0.1, 0.15) is 0 Å². The van der Waals surface area contributed by atoms with Gasteiger partial charge in [0.05, 0.1) is 16.3 Å². The van der Waals surface area contributed by atoms with Gasteiger partial charge >= 0.3 is 0 Å². The summed E-state index contributed by atoms with van der Waals surface area (Å²) in [5, 5.41) is 4.76. The van der Waals surface area contributed by atoms with E-state index in [2.05, 4.69) is 5.32 Å². The van der Waals surface area contributed by atoms with Gasteiger partial charge in [-0.3, -0.25) is 4.79 Å². The van der Waals surface area contributed by atoms with Gasteiger partial charge in [0.25, 0.3) is 5.91 Å². The van der Waals surface area contributed by atoms with Crippen LogP contribution in [0.3, 0.4) is 0 Å². The first-order valence-electron chi connectivity index (χ1n) is 7.28. The van der Waals surface area contributed by atoms with Crippen molar-refractivity contribution in [3.05, 3.63) is 82.6 Å². The lowest BCUT2D eigenvalue weighted by molar-refractivity contribution is 0.0951. The average Bonchev–Trinajstić information content (AvgIpc) is 3.14. The Kier molecular flexibility index (Phi) is 4.78. The summed E-state index contributed by atoms with van der Waals surface area (Å²) in [6, 6.07) is 18.1. The molecule has 2 aromatic carbocycles. The van der Waals surface area contributed by atoms with Gasteiger partial charge in [-0.2, -0.15) is 0 Å². The maximum absolute atomic E-state index is 12.5. The SMILES string of the molecule is O=C(NCc1cccs1)c1ccc(S(=O)(=O)c2ccccc2)cc1. The fourth-order valence-electron chi connectivity index (χ4n) is 2.20. The number of carbonyl (C=O) groups excluding carboxylic acids is 1. The first kappa shape index (κ1) is 16.4. The molecule has 3 rings (SSSR count). The summed E-state index contributed by atoms with van der Waals surface area (Å²) >= 11 is 1.57. The van der Waals surface area contributed by atoms with Gasteiger partial charge in [0.15, 0.2) is 0 Å². The topological polar surface area (TPSA) is 63.2 Å². The van der Waals surface area contributed by atoms with Crippen LogP contribution in [-0.4, -0.2) is 14.3 Å². The number of hydrogen-bond acceptors (Lipinski definition) is 4. The third-order valence-electron chi connectivity index (χ3n) is 3.48. The zero-order valence-corrected chi connectivity index (χ0v) is 14.3. The van der Waals surface area contributed by atoms with E-state index in [0.29, 0.717) is 12.1 Å². The summed E-state index contributed by atoms with van der Waals surface area (Å²) in [7, 11) is -3.56. The standard InChI is InChI=1S/C18H15NO3S2/c20-18(19-13-15-5-4-12-23-15)14-8-10-17(11-9-14)24(21,22)16-6-2-1-3-7-16/h1-12H,13H2,(H,19,20). The lowest BCUT2D eigenvalue weighted by Crippen LogP contribution is -2.22. The van der Waals surface area contributed by atoms with Crippen molar-refractivity contribution >= 4 is 27.1 Å². The molecule has 1 amide bonds. The van der Waals surface area contributed by atoms with Crippen LogP contribution in [-0.2, 0) is 16.4 Å². The quantitative estimate of drug-likeness (QED) is 0.760. The molecule has 0 fully saturated rings. The second-order valence-corrected chi connectivity index (χ2v) is 8.08. The monoisotopic (exact) mass is 357 g/mol. The van der Waals surface area contributed by atoms with Crippen LogP contribution in [0.4, 0.5) is 0 Å². The molecule has 0 atom stereocenters. The number of nitrogens with one attached hydrogen (secondary N) is 1. The fourth-order valence-corrected chi connectivity index (χ4v) is 4.13. The van der Waals surface area contributed by atoms with E-state index in [9.17, 15) is 13.2 Å². The molecule has 1 heterocycles. The highest BCUT2D eigenvalue weighted by atomic mass is 32.2. The Balaban J connectivity index is 1.74. The highest BCUT2D eigenvalue weighted by Gasteiger charge is 2.17. The van der Waals surface area contributed by atoms with E-state index in [1.807, 2.05) is 17.5 Å². The van der Waals surface area contributed by atoms with Gasteiger partial charge < -0.3 is 5.32 Å². The molecule has 0 radical (unpaired) electrons. The molecule has 3 aromatic rings. The highest BCUT2D eigenvalue weighted by molar-refractivity contribution is 7.91. The number of rotatable bonds is 5. The van der Waals surface area contributed by atoms with E-state index in [4.69, 9.17) is 0 Å². The predicted octanol–water partition coefficient (Wildman–Crippen LogP) is 3.51. The van der Waals surface area contributed by atoms with Crippen LogP contribution in [0.25, 0.3) is 0 Å². The summed E-state index contributed by atoms with van der Waals surface area (Å²) in [6.45, 7) is 0.459. The second-order valence-electron chi connectivity index (χ2n) is 5.10. The van der Waals surface area contributed by atoms with Gasteiger partial charge in [0, 0.05) is 10.4 Å². The molecule has 0 saturated heterocycles. The summed E-state index contributed by atoms with van der Waals surface area (Å²) < 4.78 is 25.0. The van der Waals surface area contributed by atoms with Crippen LogP contribution in [0, 0.1) is 0 Å². The molecule has 24 heavy (non-hydrogen) atoms. The number of benzene rings is 2. The summed E-state index contributed by atoms with van der Waals surface area (Å²) in [5.74, 6) is -0.230. The van der Waals surface area contributed by atoms with Crippen LogP contribution >= 0.6 is 11.3 Å². The molecule has 1 aromatic heterocycles. The number of carbonyl (C=O) groups is 1. The molecule has 0 aliphatic heterocycles. The molecule has 0 bridgehead atoms. The third kappa shape index (κ3) is 3.55.